The molecule has 0 bridgehead atoms. The zero-order valence-corrected chi connectivity index (χ0v) is 13.1. The highest BCUT2D eigenvalue weighted by Gasteiger charge is 2.19. The van der Waals surface area contributed by atoms with Crippen LogP contribution in [0, 0.1) is 5.92 Å². The van der Waals surface area contributed by atoms with Crippen LogP contribution < -0.4 is 0 Å². The Bertz CT molecular complexity index is 229. The molecule has 0 aliphatic carbocycles. The molecule has 108 valence electrons. The monoisotopic (exact) mass is 258 g/mol. The molecule has 0 amide bonds. The fourth-order valence-electron chi connectivity index (χ4n) is 1.82. The molecule has 1 unspecified atom stereocenters. The maximum Gasteiger partial charge on any atom is 0.306 e. The SMILES string of the molecule is CC(C)CC(CCC(=O)OC(C)(C)C)OC(C)C. The molecule has 3 nitrogen and oxygen atoms in total. The number of carbonyl (C=O) groups is 1. The van der Waals surface area contributed by atoms with Gasteiger partial charge in [-0.25, -0.2) is 0 Å². The van der Waals surface area contributed by atoms with Crippen LogP contribution >= 0.6 is 0 Å². The van der Waals surface area contributed by atoms with Crippen molar-refractivity contribution in [3.05, 3.63) is 0 Å². The fourth-order valence-corrected chi connectivity index (χ4v) is 1.82. The fraction of sp³-hybridized carbons (Fsp3) is 0.933. The smallest absolute Gasteiger partial charge is 0.306 e. The van der Waals surface area contributed by atoms with Crippen LogP contribution in [0.5, 0.6) is 0 Å². The number of hydrogen-bond donors (Lipinski definition) is 0. The summed E-state index contributed by atoms with van der Waals surface area (Å²) in [5.41, 5.74) is -0.399. The van der Waals surface area contributed by atoms with Crippen molar-refractivity contribution < 1.29 is 14.3 Å². The highest BCUT2D eigenvalue weighted by atomic mass is 16.6. The quantitative estimate of drug-likeness (QED) is 0.649. The van der Waals surface area contributed by atoms with Gasteiger partial charge in [0.2, 0.25) is 0 Å². The van der Waals surface area contributed by atoms with Gasteiger partial charge in [-0.1, -0.05) is 13.8 Å². The summed E-state index contributed by atoms with van der Waals surface area (Å²) in [4.78, 5) is 11.7. The lowest BCUT2D eigenvalue weighted by molar-refractivity contribution is -0.156. The summed E-state index contributed by atoms with van der Waals surface area (Å²) >= 11 is 0. The van der Waals surface area contributed by atoms with Crippen LogP contribution in [-0.4, -0.2) is 23.8 Å². The molecule has 0 aliphatic rings. The first kappa shape index (κ1) is 17.4. The Labute approximate surface area is 112 Å². The Kier molecular flexibility index (Phi) is 7.53. The number of esters is 1. The molecule has 3 heteroatoms. The first-order chi connectivity index (χ1) is 8.10. The first-order valence-corrected chi connectivity index (χ1v) is 6.97. The molecule has 0 aromatic rings. The average molecular weight is 258 g/mol. The van der Waals surface area contributed by atoms with E-state index in [-0.39, 0.29) is 18.2 Å². The van der Waals surface area contributed by atoms with Gasteiger partial charge in [-0.3, -0.25) is 4.79 Å². The van der Waals surface area contributed by atoms with Crippen LogP contribution in [-0.2, 0) is 14.3 Å². The first-order valence-electron chi connectivity index (χ1n) is 6.97. The van der Waals surface area contributed by atoms with Gasteiger partial charge in [-0.05, 0) is 53.4 Å². The molecular formula is C15H30O3. The van der Waals surface area contributed by atoms with Crippen molar-refractivity contribution in [1.29, 1.82) is 0 Å². The van der Waals surface area contributed by atoms with Crippen LogP contribution in [0.2, 0.25) is 0 Å². The summed E-state index contributed by atoms with van der Waals surface area (Å²) in [7, 11) is 0. The maximum atomic E-state index is 11.7. The van der Waals surface area contributed by atoms with Gasteiger partial charge < -0.3 is 9.47 Å². The zero-order chi connectivity index (χ0) is 14.3. The summed E-state index contributed by atoms with van der Waals surface area (Å²) in [6.07, 6.45) is 2.51. The molecule has 18 heavy (non-hydrogen) atoms. The van der Waals surface area contributed by atoms with E-state index < -0.39 is 5.60 Å². The molecule has 0 aromatic heterocycles. The predicted octanol–water partition coefficient (Wildman–Crippen LogP) is 3.95. The molecule has 0 aliphatic heterocycles. The van der Waals surface area contributed by atoms with E-state index in [0.717, 1.165) is 12.8 Å². The number of carbonyl (C=O) groups excluding carboxylic acids is 1. The third-order valence-electron chi connectivity index (χ3n) is 2.29. The lowest BCUT2D eigenvalue weighted by atomic mass is 10.0. The second-order valence-electron chi connectivity index (χ2n) is 6.56. The Hall–Kier alpha value is -0.570. The van der Waals surface area contributed by atoms with Crippen molar-refractivity contribution in [1.82, 2.24) is 0 Å². The minimum atomic E-state index is -0.399. The molecule has 0 rings (SSSR count). The minimum absolute atomic E-state index is 0.136. The largest absolute Gasteiger partial charge is 0.460 e. The topological polar surface area (TPSA) is 35.5 Å². The van der Waals surface area contributed by atoms with Gasteiger partial charge >= 0.3 is 5.97 Å². The molecular weight excluding hydrogens is 228 g/mol. The van der Waals surface area contributed by atoms with Crippen LogP contribution in [0.3, 0.4) is 0 Å². The van der Waals surface area contributed by atoms with E-state index >= 15 is 0 Å². The Morgan fingerprint density at radius 3 is 2.06 bits per heavy atom. The van der Waals surface area contributed by atoms with Crippen LogP contribution in [0.4, 0.5) is 0 Å². The third-order valence-corrected chi connectivity index (χ3v) is 2.29. The molecule has 0 radical (unpaired) electrons. The van der Waals surface area contributed by atoms with Gasteiger partial charge in [0.25, 0.3) is 0 Å². The Morgan fingerprint density at radius 1 is 1.11 bits per heavy atom. The minimum Gasteiger partial charge on any atom is -0.460 e. The van der Waals surface area contributed by atoms with Crippen LogP contribution in [0.15, 0.2) is 0 Å². The Balaban J connectivity index is 4.13. The molecule has 0 heterocycles. The van der Waals surface area contributed by atoms with E-state index in [1.165, 1.54) is 0 Å². The van der Waals surface area contributed by atoms with E-state index in [1.807, 2.05) is 34.6 Å². The maximum absolute atomic E-state index is 11.7. The van der Waals surface area contributed by atoms with Crippen molar-refractivity contribution in [3.63, 3.8) is 0 Å². The van der Waals surface area contributed by atoms with E-state index in [0.29, 0.717) is 12.3 Å². The van der Waals surface area contributed by atoms with E-state index in [2.05, 4.69) is 13.8 Å². The average Bonchev–Trinajstić information content (AvgIpc) is 2.09. The van der Waals surface area contributed by atoms with Crippen molar-refractivity contribution in [2.75, 3.05) is 0 Å². The van der Waals surface area contributed by atoms with Gasteiger partial charge in [-0.15, -0.1) is 0 Å². The summed E-state index contributed by atoms with van der Waals surface area (Å²) in [5.74, 6) is 0.441. The normalized spacial score (nSPS) is 14.1. The van der Waals surface area contributed by atoms with Crippen molar-refractivity contribution in [2.24, 2.45) is 5.92 Å². The van der Waals surface area contributed by atoms with Crippen molar-refractivity contribution >= 4 is 5.97 Å². The van der Waals surface area contributed by atoms with Gasteiger partial charge in [0.1, 0.15) is 5.60 Å². The van der Waals surface area contributed by atoms with E-state index in [1.54, 1.807) is 0 Å². The molecule has 0 aromatic carbocycles. The summed E-state index contributed by atoms with van der Waals surface area (Å²) in [5, 5.41) is 0. The standard InChI is InChI=1S/C15H30O3/c1-11(2)10-13(17-12(3)4)8-9-14(16)18-15(5,6)7/h11-13H,8-10H2,1-7H3. The lowest BCUT2D eigenvalue weighted by Crippen LogP contribution is -2.26. The van der Waals surface area contributed by atoms with Gasteiger partial charge in [0.15, 0.2) is 0 Å². The van der Waals surface area contributed by atoms with E-state index in [4.69, 9.17) is 9.47 Å². The second kappa shape index (κ2) is 7.78. The van der Waals surface area contributed by atoms with Crippen LogP contribution in [0.25, 0.3) is 0 Å². The highest BCUT2D eigenvalue weighted by Crippen LogP contribution is 2.17. The summed E-state index contributed by atoms with van der Waals surface area (Å²) in [6.45, 7) is 14.1. The Morgan fingerprint density at radius 2 is 1.67 bits per heavy atom. The lowest BCUT2D eigenvalue weighted by Gasteiger charge is -2.23. The van der Waals surface area contributed by atoms with Crippen molar-refractivity contribution in [3.8, 4) is 0 Å². The van der Waals surface area contributed by atoms with E-state index in [9.17, 15) is 4.79 Å². The number of rotatable bonds is 7. The molecule has 1 atom stereocenters. The van der Waals surface area contributed by atoms with Gasteiger partial charge in [0.05, 0.1) is 12.2 Å². The highest BCUT2D eigenvalue weighted by molar-refractivity contribution is 5.69. The van der Waals surface area contributed by atoms with Crippen LogP contribution in [0.1, 0.15) is 67.7 Å². The molecule has 0 spiro atoms. The summed E-state index contributed by atoms with van der Waals surface area (Å²) in [6, 6.07) is 0. The molecule has 0 saturated heterocycles. The summed E-state index contributed by atoms with van der Waals surface area (Å²) < 4.78 is 11.1. The molecule has 0 saturated carbocycles. The van der Waals surface area contributed by atoms with Gasteiger partial charge in [0, 0.05) is 6.42 Å². The molecule has 0 N–H and O–H groups in total. The van der Waals surface area contributed by atoms with Crippen molar-refractivity contribution in [2.45, 2.75) is 85.5 Å². The molecule has 0 fully saturated rings. The second-order valence-corrected chi connectivity index (χ2v) is 6.56. The number of hydrogen-bond acceptors (Lipinski definition) is 3. The third kappa shape index (κ3) is 10.6. The zero-order valence-electron chi connectivity index (χ0n) is 13.1. The van der Waals surface area contributed by atoms with Gasteiger partial charge in [-0.2, -0.15) is 0 Å². The number of ether oxygens (including phenoxy) is 2. The predicted molar refractivity (Wildman–Crippen MR) is 74.5 cm³/mol.